The fourth-order valence-electron chi connectivity index (χ4n) is 3.40. The van der Waals surface area contributed by atoms with Gasteiger partial charge in [0.15, 0.2) is 6.10 Å². The van der Waals surface area contributed by atoms with Crippen molar-refractivity contribution in [2.45, 2.75) is 25.9 Å². The molecule has 1 spiro atoms. The highest BCUT2D eigenvalue weighted by Crippen LogP contribution is 2.62. The van der Waals surface area contributed by atoms with Crippen LogP contribution in [0.4, 0.5) is 5.69 Å². The van der Waals surface area contributed by atoms with Gasteiger partial charge in [0, 0.05) is 16.3 Å². The summed E-state index contributed by atoms with van der Waals surface area (Å²) < 4.78 is 0. The van der Waals surface area contributed by atoms with E-state index >= 15 is 0 Å². The number of hydrogen-bond acceptors (Lipinski definition) is 3. The molecule has 0 radical (unpaired) electrons. The molecule has 1 saturated carbocycles. The fourth-order valence-corrected chi connectivity index (χ4v) is 3.57. The van der Waals surface area contributed by atoms with E-state index in [0.717, 1.165) is 29.7 Å². The molecule has 1 aliphatic heterocycles. The lowest BCUT2D eigenvalue weighted by atomic mass is 9.85. The molecule has 2 aliphatic rings. The molecule has 1 N–H and O–H groups in total. The van der Waals surface area contributed by atoms with Crippen LogP contribution in [0.5, 0.6) is 0 Å². The number of carbonyl (C=O) groups is 1. The van der Waals surface area contributed by atoms with Crippen molar-refractivity contribution in [3.8, 4) is 0 Å². The lowest BCUT2D eigenvalue weighted by Crippen LogP contribution is -2.21. The van der Waals surface area contributed by atoms with E-state index in [4.69, 9.17) is 16.4 Å². The van der Waals surface area contributed by atoms with E-state index < -0.39 is 0 Å². The van der Waals surface area contributed by atoms with Gasteiger partial charge >= 0.3 is 0 Å². The monoisotopic (exact) mass is 340 g/mol. The molecular weight excluding hydrogens is 324 g/mol. The Morgan fingerprint density at radius 3 is 2.67 bits per heavy atom. The van der Waals surface area contributed by atoms with Crippen molar-refractivity contribution < 1.29 is 9.63 Å². The van der Waals surface area contributed by atoms with Crippen molar-refractivity contribution in [1.29, 1.82) is 0 Å². The van der Waals surface area contributed by atoms with Gasteiger partial charge in [0.1, 0.15) is 0 Å². The Morgan fingerprint density at radius 1 is 1.25 bits per heavy atom. The average molecular weight is 341 g/mol. The molecule has 2 aromatic carbocycles. The second kappa shape index (κ2) is 5.64. The third-order valence-corrected chi connectivity index (χ3v) is 5.08. The number of benzene rings is 2. The number of oxime groups is 1. The first-order valence-corrected chi connectivity index (χ1v) is 8.33. The van der Waals surface area contributed by atoms with Gasteiger partial charge in [-0.3, -0.25) is 4.79 Å². The lowest BCUT2D eigenvalue weighted by molar-refractivity contribution is -0.105. The van der Waals surface area contributed by atoms with Crippen molar-refractivity contribution in [2.75, 3.05) is 5.32 Å². The number of nitrogens with one attached hydrogen (secondary N) is 1. The molecule has 24 heavy (non-hydrogen) atoms. The molecule has 1 atom stereocenters. The Bertz CT molecular complexity index is 826. The number of nitrogens with zero attached hydrogens (tertiary/aromatic N) is 1. The van der Waals surface area contributed by atoms with Crippen LogP contribution < -0.4 is 5.32 Å². The Kier molecular flexibility index (Phi) is 3.57. The van der Waals surface area contributed by atoms with Crippen LogP contribution >= 0.6 is 11.6 Å². The van der Waals surface area contributed by atoms with Crippen LogP contribution in [0.1, 0.15) is 35.6 Å². The highest BCUT2D eigenvalue weighted by molar-refractivity contribution is 6.31. The third kappa shape index (κ3) is 2.38. The Labute approximate surface area is 145 Å². The van der Waals surface area contributed by atoms with Crippen LogP contribution in [0, 0.1) is 12.3 Å². The molecule has 1 aliphatic carbocycles. The minimum Gasteiger partial charge on any atom is -0.386 e. The van der Waals surface area contributed by atoms with Gasteiger partial charge in [0.25, 0.3) is 0 Å². The molecule has 0 bridgehead atoms. The van der Waals surface area contributed by atoms with E-state index in [1.54, 1.807) is 12.1 Å². The number of halogens is 1. The zero-order valence-electron chi connectivity index (χ0n) is 13.3. The number of anilines is 1. The molecule has 1 heterocycles. The van der Waals surface area contributed by atoms with E-state index in [1.807, 2.05) is 6.07 Å². The first-order chi connectivity index (χ1) is 11.6. The first kappa shape index (κ1) is 15.2. The van der Waals surface area contributed by atoms with Gasteiger partial charge < -0.3 is 10.2 Å². The summed E-state index contributed by atoms with van der Waals surface area (Å²) in [6, 6.07) is 13.8. The maximum Gasteiger partial charge on any atom is 0.211 e. The van der Waals surface area contributed by atoms with Crippen molar-refractivity contribution in [3.63, 3.8) is 0 Å². The Balaban J connectivity index is 1.73. The Hall–Kier alpha value is -2.33. The molecule has 5 heteroatoms. The van der Waals surface area contributed by atoms with E-state index in [2.05, 4.69) is 41.7 Å². The van der Waals surface area contributed by atoms with E-state index in [-0.39, 0.29) is 11.5 Å². The number of amides is 1. The van der Waals surface area contributed by atoms with E-state index in [0.29, 0.717) is 17.1 Å². The molecule has 0 saturated heterocycles. The van der Waals surface area contributed by atoms with Crippen molar-refractivity contribution >= 4 is 29.4 Å². The van der Waals surface area contributed by atoms with Gasteiger partial charge in [0.05, 0.1) is 11.1 Å². The van der Waals surface area contributed by atoms with Crippen LogP contribution in [0.15, 0.2) is 47.6 Å². The number of hydrogen-bond donors (Lipinski definition) is 1. The van der Waals surface area contributed by atoms with Gasteiger partial charge in [-0.1, -0.05) is 46.6 Å². The summed E-state index contributed by atoms with van der Waals surface area (Å²) in [5, 5.41) is 7.73. The summed E-state index contributed by atoms with van der Waals surface area (Å²) in [6.07, 6.45) is 2.60. The first-order valence-electron chi connectivity index (χ1n) is 7.95. The molecule has 4 rings (SSSR count). The molecule has 0 aromatic heterocycles. The molecule has 1 amide bonds. The quantitative estimate of drug-likeness (QED) is 0.835. The van der Waals surface area contributed by atoms with Crippen LogP contribution in [0.25, 0.3) is 0 Å². The molecule has 4 nitrogen and oxygen atoms in total. The predicted molar refractivity (Wildman–Crippen MR) is 94.3 cm³/mol. The smallest absolute Gasteiger partial charge is 0.211 e. The highest BCUT2D eigenvalue weighted by atomic mass is 35.5. The van der Waals surface area contributed by atoms with Crippen molar-refractivity contribution in [3.05, 3.63) is 64.2 Å². The number of aryl methyl sites for hydroxylation is 1. The summed E-state index contributed by atoms with van der Waals surface area (Å²) in [5.41, 5.74) is 4.63. The maximum absolute atomic E-state index is 10.9. The van der Waals surface area contributed by atoms with Crippen LogP contribution in [-0.2, 0) is 9.63 Å². The normalized spacial score (nSPS) is 20.4. The van der Waals surface area contributed by atoms with Crippen LogP contribution in [-0.4, -0.2) is 12.1 Å². The summed E-state index contributed by atoms with van der Waals surface area (Å²) >= 11 is 6.17. The second-order valence-electron chi connectivity index (χ2n) is 6.44. The minimum absolute atomic E-state index is 0.0869. The van der Waals surface area contributed by atoms with Gasteiger partial charge in [-0.25, -0.2) is 0 Å². The van der Waals surface area contributed by atoms with Crippen molar-refractivity contribution in [1.82, 2.24) is 0 Å². The topological polar surface area (TPSA) is 50.7 Å². The summed E-state index contributed by atoms with van der Waals surface area (Å²) in [7, 11) is 0. The van der Waals surface area contributed by atoms with Crippen LogP contribution in [0.2, 0.25) is 5.02 Å². The van der Waals surface area contributed by atoms with Crippen LogP contribution in [0.3, 0.4) is 0 Å². The molecule has 1 fully saturated rings. The largest absolute Gasteiger partial charge is 0.386 e. The molecule has 122 valence electrons. The highest BCUT2D eigenvalue weighted by Gasteiger charge is 2.60. The lowest BCUT2D eigenvalue weighted by Gasteiger charge is -2.19. The fraction of sp³-hybridized carbons (Fsp3) is 0.263. The van der Waals surface area contributed by atoms with E-state index in [9.17, 15) is 4.79 Å². The Morgan fingerprint density at radius 2 is 2.00 bits per heavy atom. The number of carbonyl (C=O) groups excluding carboxylic acids is 1. The zero-order chi connectivity index (χ0) is 16.7. The van der Waals surface area contributed by atoms with Gasteiger partial charge in [-0.2, -0.15) is 0 Å². The predicted octanol–water partition coefficient (Wildman–Crippen LogP) is 4.47. The zero-order valence-corrected chi connectivity index (χ0v) is 14.0. The average Bonchev–Trinajstić information content (AvgIpc) is 3.27. The molecule has 2 aromatic rings. The minimum atomic E-state index is -0.126. The van der Waals surface area contributed by atoms with Crippen molar-refractivity contribution in [2.24, 2.45) is 10.6 Å². The van der Waals surface area contributed by atoms with E-state index in [1.165, 1.54) is 5.56 Å². The SMILES string of the molecule is Cc1ccc(C2ON=C(c3cc(Cl)ccc3NC=O)C23CC3)cc1. The molecular formula is C19H17ClN2O2. The summed E-state index contributed by atoms with van der Waals surface area (Å²) in [5.74, 6) is 0. The molecule has 1 unspecified atom stereocenters. The third-order valence-electron chi connectivity index (χ3n) is 4.84. The second-order valence-corrected chi connectivity index (χ2v) is 6.88. The summed E-state index contributed by atoms with van der Waals surface area (Å²) in [4.78, 5) is 16.7. The summed E-state index contributed by atoms with van der Waals surface area (Å²) in [6.45, 7) is 2.07. The maximum atomic E-state index is 10.9. The van der Waals surface area contributed by atoms with Gasteiger partial charge in [-0.05, 0) is 43.5 Å². The number of rotatable bonds is 4. The van der Waals surface area contributed by atoms with Gasteiger partial charge in [-0.15, -0.1) is 0 Å². The standard InChI is InChI=1S/C19H17ClN2O2/c1-12-2-4-13(5-3-12)18-19(8-9-19)17(22-24-18)15-10-14(20)6-7-16(15)21-11-23/h2-7,10-11,18H,8-9H2,1H3,(H,21,23). The van der Waals surface area contributed by atoms with Gasteiger partial charge in [0.2, 0.25) is 6.41 Å².